The number of aliphatic hydroxyl groups is 1. The quantitative estimate of drug-likeness (QED) is 0.219. The van der Waals surface area contributed by atoms with E-state index in [1.165, 1.54) is 6.08 Å². The zero-order valence-corrected chi connectivity index (χ0v) is 21.5. The van der Waals surface area contributed by atoms with Gasteiger partial charge in [0.2, 0.25) is 5.82 Å². The molecule has 38 heavy (non-hydrogen) atoms. The van der Waals surface area contributed by atoms with Gasteiger partial charge < -0.3 is 14.6 Å². The molecule has 0 amide bonds. The highest BCUT2D eigenvalue weighted by atomic mass is 19.2. The molecule has 4 rings (SSSR count). The van der Waals surface area contributed by atoms with Crippen molar-refractivity contribution < 1.29 is 36.9 Å². The Labute approximate surface area is 220 Å². The van der Waals surface area contributed by atoms with Gasteiger partial charge in [-0.2, -0.15) is 4.39 Å². The second-order valence-corrected chi connectivity index (χ2v) is 10.4. The minimum absolute atomic E-state index is 0.0123. The number of hydrogen-bond donors (Lipinski definition) is 1. The van der Waals surface area contributed by atoms with E-state index in [9.17, 15) is 18.7 Å². The first-order valence-corrected chi connectivity index (χ1v) is 13.3. The minimum Gasteiger partial charge on any atom is -0.486 e. The van der Waals surface area contributed by atoms with E-state index in [-0.39, 0.29) is 30.1 Å². The van der Waals surface area contributed by atoms with E-state index in [0.29, 0.717) is 36.8 Å². The summed E-state index contributed by atoms with van der Waals surface area (Å²) in [7, 11) is 0. The summed E-state index contributed by atoms with van der Waals surface area (Å²) < 4.78 is 69.3. The van der Waals surface area contributed by atoms with E-state index < -0.39 is 47.0 Å². The average molecular weight is 535 g/mol. The Hall–Kier alpha value is -2.87. The Bertz CT molecular complexity index is 1150. The van der Waals surface area contributed by atoms with E-state index >= 15 is 8.78 Å². The van der Waals surface area contributed by atoms with Crippen molar-refractivity contribution in [1.29, 1.82) is 0 Å². The molecule has 2 aromatic rings. The van der Waals surface area contributed by atoms with Crippen molar-refractivity contribution in [2.75, 3.05) is 6.61 Å². The first-order valence-electron chi connectivity index (χ1n) is 13.3. The Morgan fingerprint density at radius 3 is 1.97 bits per heavy atom. The van der Waals surface area contributed by atoms with Gasteiger partial charge in [0.15, 0.2) is 23.2 Å². The number of aliphatic hydroxyl groups excluding tert-OH is 1. The van der Waals surface area contributed by atoms with Crippen molar-refractivity contribution in [1.82, 2.24) is 0 Å². The van der Waals surface area contributed by atoms with Gasteiger partial charge in [-0.05, 0) is 99.3 Å². The monoisotopic (exact) mass is 534 g/mol. The molecule has 206 valence electrons. The molecule has 2 fully saturated rings. The number of ether oxygens (including phenoxy) is 2. The Morgan fingerprint density at radius 2 is 1.45 bits per heavy atom. The van der Waals surface area contributed by atoms with Crippen LogP contribution in [0.4, 0.5) is 17.6 Å². The Kier molecular flexibility index (Phi) is 9.13. The topological polar surface area (TPSA) is 55.8 Å². The molecule has 0 aliphatic heterocycles. The van der Waals surface area contributed by atoms with Crippen molar-refractivity contribution in [3.63, 3.8) is 0 Å². The predicted molar refractivity (Wildman–Crippen MR) is 135 cm³/mol. The molecule has 1 unspecified atom stereocenters. The summed E-state index contributed by atoms with van der Waals surface area (Å²) >= 11 is 0. The average Bonchev–Trinajstić information content (AvgIpc) is 2.91. The summed E-state index contributed by atoms with van der Waals surface area (Å²) in [5.74, 6) is -5.63. The van der Waals surface area contributed by atoms with Gasteiger partial charge in [-0.3, -0.25) is 0 Å². The smallest absolute Gasteiger partial charge is 0.341 e. The van der Waals surface area contributed by atoms with Crippen LogP contribution in [0.1, 0.15) is 91.6 Å². The number of carbonyl (C=O) groups excluding carboxylic acids is 1. The summed E-state index contributed by atoms with van der Waals surface area (Å²) in [6, 6.07) is 5.63. The van der Waals surface area contributed by atoms with Crippen LogP contribution in [0.3, 0.4) is 0 Å². The molecule has 1 N–H and O–H groups in total. The summed E-state index contributed by atoms with van der Waals surface area (Å²) in [5, 5.41) is 9.80. The van der Waals surface area contributed by atoms with E-state index in [1.807, 2.05) is 0 Å². The van der Waals surface area contributed by atoms with Gasteiger partial charge in [0, 0.05) is 0 Å². The lowest BCUT2D eigenvalue weighted by Crippen LogP contribution is -2.25. The molecule has 0 heterocycles. The molecule has 2 aliphatic carbocycles. The van der Waals surface area contributed by atoms with Gasteiger partial charge in [0.25, 0.3) is 0 Å². The lowest BCUT2D eigenvalue weighted by molar-refractivity contribution is 0.0188. The fourth-order valence-corrected chi connectivity index (χ4v) is 5.78. The van der Waals surface area contributed by atoms with E-state index in [4.69, 9.17) is 9.47 Å². The molecular formula is C30H34F4O4. The van der Waals surface area contributed by atoms with Gasteiger partial charge in [0.1, 0.15) is 12.7 Å². The van der Waals surface area contributed by atoms with Gasteiger partial charge in [-0.15, -0.1) is 0 Å². The van der Waals surface area contributed by atoms with Crippen LogP contribution >= 0.6 is 0 Å². The minimum atomic E-state index is -1.35. The summed E-state index contributed by atoms with van der Waals surface area (Å²) in [6.45, 7) is 5.20. The predicted octanol–water partition coefficient (Wildman–Crippen LogP) is 7.35. The van der Waals surface area contributed by atoms with Crippen LogP contribution < -0.4 is 4.74 Å². The van der Waals surface area contributed by atoms with Gasteiger partial charge in [-0.25, -0.2) is 18.0 Å². The molecule has 0 saturated heterocycles. The maximum Gasteiger partial charge on any atom is 0.341 e. The molecule has 1 atom stereocenters. The third kappa shape index (κ3) is 6.06. The number of rotatable bonds is 8. The van der Waals surface area contributed by atoms with E-state index in [1.54, 1.807) is 19.1 Å². The number of halogens is 4. The van der Waals surface area contributed by atoms with Crippen LogP contribution in [-0.4, -0.2) is 29.9 Å². The fourth-order valence-electron chi connectivity index (χ4n) is 5.78. The molecule has 2 aliphatic rings. The number of carbonyl (C=O) groups is 1. The van der Waals surface area contributed by atoms with Crippen molar-refractivity contribution in [3.8, 4) is 5.75 Å². The fraction of sp³-hybridized carbons (Fsp3) is 0.500. The standard InChI is InChI=1S/C30H34F4O4/c1-3-16-37-25-15-14-24(28(33)29(25)34)30(36)38-21-10-8-20(9-11-21)23-13-12-22(26(31)27(23)32)19-6-4-18(5-7-19)17(2)35/h3,12-15,17-21,35H,1,4-11,16H2,2H3. The molecule has 4 nitrogen and oxygen atoms in total. The summed E-state index contributed by atoms with van der Waals surface area (Å²) in [4.78, 5) is 12.5. The van der Waals surface area contributed by atoms with Crippen molar-refractivity contribution in [2.24, 2.45) is 5.92 Å². The van der Waals surface area contributed by atoms with Crippen molar-refractivity contribution >= 4 is 5.97 Å². The van der Waals surface area contributed by atoms with Crippen LogP contribution in [0.5, 0.6) is 5.75 Å². The zero-order chi connectivity index (χ0) is 27.4. The largest absolute Gasteiger partial charge is 0.486 e. The normalized spacial score (nSPS) is 24.5. The lowest BCUT2D eigenvalue weighted by Gasteiger charge is -2.31. The second-order valence-electron chi connectivity index (χ2n) is 10.4. The summed E-state index contributed by atoms with van der Waals surface area (Å²) in [5.41, 5.74) is 0.187. The first-order chi connectivity index (χ1) is 18.2. The molecular weight excluding hydrogens is 500 g/mol. The van der Waals surface area contributed by atoms with Crippen LogP contribution in [0.25, 0.3) is 0 Å². The lowest BCUT2D eigenvalue weighted by atomic mass is 9.76. The van der Waals surface area contributed by atoms with Crippen LogP contribution in [0.2, 0.25) is 0 Å². The van der Waals surface area contributed by atoms with E-state index in [0.717, 1.165) is 37.8 Å². The van der Waals surface area contributed by atoms with Crippen LogP contribution in [-0.2, 0) is 4.74 Å². The SMILES string of the molecule is C=CCOc1ccc(C(=O)OC2CCC(c3ccc(C4CCC(C(C)O)CC4)c(F)c3F)CC2)c(F)c1F. The zero-order valence-electron chi connectivity index (χ0n) is 21.5. The van der Waals surface area contributed by atoms with Crippen LogP contribution in [0, 0.1) is 29.2 Å². The third-order valence-corrected chi connectivity index (χ3v) is 8.05. The van der Waals surface area contributed by atoms with Gasteiger partial charge in [0.05, 0.1) is 11.7 Å². The molecule has 0 radical (unpaired) electrons. The number of hydrogen-bond acceptors (Lipinski definition) is 4. The highest BCUT2D eigenvalue weighted by molar-refractivity contribution is 5.90. The van der Waals surface area contributed by atoms with Crippen LogP contribution in [0.15, 0.2) is 36.9 Å². The maximum atomic E-state index is 15.1. The molecule has 2 saturated carbocycles. The highest BCUT2D eigenvalue weighted by Crippen LogP contribution is 2.41. The maximum absolute atomic E-state index is 15.1. The van der Waals surface area contributed by atoms with Gasteiger partial charge >= 0.3 is 5.97 Å². The third-order valence-electron chi connectivity index (χ3n) is 8.05. The molecule has 0 bridgehead atoms. The Balaban J connectivity index is 1.35. The van der Waals surface area contributed by atoms with E-state index in [2.05, 4.69) is 6.58 Å². The Morgan fingerprint density at radius 1 is 0.895 bits per heavy atom. The second kappa shape index (κ2) is 12.3. The number of esters is 1. The van der Waals surface area contributed by atoms with Gasteiger partial charge in [-0.1, -0.05) is 24.8 Å². The highest BCUT2D eigenvalue weighted by Gasteiger charge is 2.32. The molecule has 2 aromatic carbocycles. The van der Waals surface area contributed by atoms with Crippen molar-refractivity contribution in [2.45, 2.75) is 82.3 Å². The number of benzene rings is 2. The summed E-state index contributed by atoms with van der Waals surface area (Å²) in [6.07, 6.45) is 5.21. The first kappa shape index (κ1) is 28.1. The molecule has 0 spiro atoms. The van der Waals surface area contributed by atoms with Crippen molar-refractivity contribution in [3.05, 3.63) is 76.9 Å². The molecule has 8 heteroatoms. The molecule has 0 aromatic heterocycles.